The monoisotopic (exact) mass is 258 g/mol. The summed E-state index contributed by atoms with van der Waals surface area (Å²) in [4.78, 5) is 9.09. The van der Waals surface area contributed by atoms with Gasteiger partial charge in [0.15, 0.2) is 0 Å². The van der Waals surface area contributed by atoms with Crippen molar-refractivity contribution in [2.24, 2.45) is 0 Å². The van der Waals surface area contributed by atoms with E-state index in [9.17, 15) is 0 Å². The van der Waals surface area contributed by atoms with E-state index in [0.717, 1.165) is 37.6 Å². The lowest BCUT2D eigenvalue weighted by Gasteiger charge is -2.19. The van der Waals surface area contributed by atoms with Crippen molar-refractivity contribution in [3.8, 4) is 0 Å². The molecule has 1 aliphatic carbocycles. The van der Waals surface area contributed by atoms with Gasteiger partial charge in [0.1, 0.15) is 11.6 Å². The Morgan fingerprint density at radius 1 is 1.26 bits per heavy atom. The van der Waals surface area contributed by atoms with Gasteiger partial charge in [-0.15, -0.1) is 5.10 Å². The molecule has 6 heteroatoms. The quantitative estimate of drug-likeness (QED) is 0.897. The summed E-state index contributed by atoms with van der Waals surface area (Å²) in [5.74, 6) is 1.85. The zero-order valence-corrected chi connectivity index (χ0v) is 11.1. The van der Waals surface area contributed by atoms with Crippen molar-refractivity contribution in [3.63, 3.8) is 0 Å². The molecule has 0 saturated heterocycles. The molecule has 3 rings (SSSR count). The van der Waals surface area contributed by atoms with Gasteiger partial charge in [-0.1, -0.05) is 5.21 Å². The van der Waals surface area contributed by atoms with E-state index in [1.54, 1.807) is 6.20 Å². The number of nitrogens with one attached hydrogen (secondary N) is 1. The molecule has 0 unspecified atom stereocenters. The predicted octanol–water partition coefficient (Wildman–Crippen LogP) is 1.37. The number of nitrogens with zero attached hydrogens (tertiary/aromatic N) is 5. The van der Waals surface area contributed by atoms with Crippen molar-refractivity contribution >= 4 is 5.82 Å². The molecule has 100 valence electrons. The molecular formula is C13H18N6. The van der Waals surface area contributed by atoms with Crippen molar-refractivity contribution in [1.29, 1.82) is 0 Å². The number of anilines is 1. The van der Waals surface area contributed by atoms with Crippen molar-refractivity contribution in [1.82, 2.24) is 25.0 Å². The summed E-state index contributed by atoms with van der Waals surface area (Å²) in [6, 6.07) is 0. The van der Waals surface area contributed by atoms with Crippen molar-refractivity contribution in [2.45, 2.75) is 39.2 Å². The van der Waals surface area contributed by atoms with Gasteiger partial charge in [0.25, 0.3) is 0 Å². The lowest BCUT2D eigenvalue weighted by Crippen LogP contribution is -2.17. The third-order valence-electron chi connectivity index (χ3n) is 3.40. The summed E-state index contributed by atoms with van der Waals surface area (Å²) in [6.07, 6.45) is 8.19. The SMILES string of the molecule is Cc1nc2c(c(NCCn3ccnn3)n1)CCCC2. The molecule has 2 heterocycles. The molecule has 6 nitrogen and oxygen atoms in total. The highest BCUT2D eigenvalue weighted by atomic mass is 15.4. The maximum absolute atomic E-state index is 4.55. The number of rotatable bonds is 4. The normalized spacial score (nSPS) is 14.2. The zero-order valence-electron chi connectivity index (χ0n) is 11.1. The Kier molecular flexibility index (Phi) is 3.39. The van der Waals surface area contributed by atoms with Gasteiger partial charge in [0.2, 0.25) is 0 Å². The van der Waals surface area contributed by atoms with Crippen LogP contribution in [0.25, 0.3) is 0 Å². The molecule has 0 atom stereocenters. The molecule has 0 aliphatic heterocycles. The largest absolute Gasteiger partial charge is 0.368 e. The van der Waals surface area contributed by atoms with Crippen LogP contribution in [0.2, 0.25) is 0 Å². The molecule has 0 fully saturated rings. The first kappa shape index (κ1) is 12.1. The predicted molar refractivity (Wildman–Crippen MR) is 71.9 cm³/mol. The van der Waals surface area contributed by atoms with Crippen LogP contribution in [0.4, 0.5) is 5.82 Å². The molecule has 2 aromatic rings. The van der Waals surface area contributed by atoms with Crippen LogP contribution >= 0.6 is 0 Å². The summed E-state index contributed by atoms with van der Waals surface area (Å²) in [6.45, 7) is 3.54. The van der Waals surface area contributed by atoms with Crippen LogP contribution in [-0.2, 0) is 19.4 Å². The van der Waals surface area contributed by atoms with Crippen molar-refractivity contribution in [3.05, 3.63) is 29.5 Å². The fraction of sp³-hybridized carbons (Fsp3) is 0.538. The van der Waals surface area contributed by atoms with Crippen LogP contribution < -0.4 is 5.32 Å². The van der Waals surface area contributed by atoms with E-state index >= 15 is 0 Å². The number of hydrogen-bond donors (Lipinski definition) is 1. The van der Waals surface area contributed by atoms with E-state index in [1.165, 1.54) is 24.1 Å². The lowest BCUT2D eigenvalue weighted by molar-refractivity contribution is 0.606. The summed E-state index contributed by atoms with van der Waals surface area (Å²) < 4.78 is 1.81. The lowest BCUT2D eigenvalue weighted by atomic mass is 9.96. The highest BCUT2D eigenvalue weighted by Crippen LogP contribution is 2.25. The van der Waals surface area contributed by atoms with Gasteiger partial charge in [0.05, 0.1) is 12.7 Å². The van der Waals surface area contributed by atoms with Crippen molar-refractivity contribution < 1.29 is 0 Å². The van der Waals surface area contributed by atoms with E-state index < -0.39 is 0 Å². The van der Waals surface area contributed by atoms with Crippen LogP contribution in [0.15, 0.2) is 12.4 Å². The third-order valence-corrected chi connectivity index (χ3v) is 3.40. The van der Waals surface area contributed by atoms with Crippen LogP contribution in [0.3, 0.4) is 0 Å². The standard InChI is InChI=1S/C13H18N6/c1-10-16-12-5-3-2-4-11(12)13(17-10)14-6-8-19-9-7-15-18-19/h7,9H,2-6,8H2,1H3,(H,14,16,17). The second kappa shape index (κ2) is 5.34. The van der Waals surface area contributed by atoms with Gasteiger partial charge in [-0.3, -0.25) is 4.68 Å². The van der Waals surface area contributed by atoms with E-state index in [2.05, 4.69) is 25.6 Å². The highest BCUT2D eigenvalue weighted by Gasteiger charge is 2.16. The molecular weight excluding hydrogens is 240 g/mol. The van der Waals surface area contributed by atoms with E-state index in [4.69, 9.17) is 0 Å². The summed E-state index contributed by atoms with van der Waals surface area (Å²) in [5, 5.41) is 11.2. The maximum atomic E-state index is 4.55. The molecule has 0 radical (unpaired) electrons. The number of fused-ring (bicyclic) bond motifs is 1. The smallest absolute Gasteiger partial charge is 0.133 e. The summed E-state index contributed by atoms with van der Waals surface area (Å²) in [5.41, 5.74) is 2.53. The molecule has 0 bridgehead atoms. The van der Waals surface area contributed by atoms with Crippen LogP contribution in [0.5, 0.6) is 0 Å². The van der Waals surface area contributed by atoms with Crippen LogP contribution in [0, 0.1) is 6.92 Å². The van der Waals surface area contributed by atoms with Gasteiger partial charge in [-0.2, -0.15) is 0 Å². The van der Waals surface area contributed by atoms with Crippen LogP contribution in [-0.4, -0.2) is 31.5 Å². The van der Waals surface area contributed by atoms with Crippen LogP contribution in [0.1, 0.15) is 29.9 Å². The minimum atomic E-state index is 0.790. The first-order valence-corrected chi connectivity index (χ1v) is 6.77. The molecule has 1 aliphatic rings. The van der Waals surface area contributed by atoms with Crippen molar-refractivity contribution in [2.75, 3.05) is 11.9 Å². The maximum Gasteiger partial charge on any atom is 0.133 e. The Labute approximate surface area is 112 Å². The average Bonchev–Trinajstić information content (AvgIpc) is 2.91. The second-order valence-electron chi connectivity index (χ2n) is 4.84. The first-order chi connectivity index (χ1) is 9.33. The fourth-order valence-corrected chi connectivity index (χ4v) is 2.50. The van der Waals surface area contributed by atoms with E-state index in [1.807, 2.05) is 17.8 Å². The van der Waals surface area contributed by atoms with Gasteiger partial charge in [0, 0.05) is 24.0 Å². The summed E-state index contributed by atoms with van der Waals surface area (Å²) >= 11 is 0. The van der Waals surface area contributed by atoms with Gasteiger partial charge >= 0.3 is 0 Å². The number of aromatic nitrogens is 5. The molecule has 19 heavy (non-hydrogen) atoms. The average molecular weight is 258 g/mol. The topological polar surface area (TPSA) is 68.5 Å². The Balaban J connectivity index is 1.71. The summed E-state index contributed by atoms with van der Waals surface area (Å²) in [7, 11) is 0. The van der Waals surface area contributed by atoms with Gasteiger partial charge < -0.3 is 5.32 Å². The molecule has 2 aromatic heterocycles. The second-order valence-corrected chi connectivity index (χ2v) is 4.84. The van der Waals surface area contributed by atoms with Gasteiger partial charge in [-0.05, 0) is 32.6 Å². The minimum Gasteiger partial charge on any atom is -0.368 e. The first-order valence-electron chi connectivity index (χ1n) is 6.77. The Morgan fingerprint density at radius 2 is 2.16 bits per heavy atom. The number of hydrogen-bond acceptors (Lipinski definition) is 5. The van der Waals surface area contributed by atoms with E-state index in [0.29, 0.717) is 0 Å². The Hall–Kier alpha value is -1.98. The molecule has 0 spiro atoms. The Bertz CT molecular complexity index is 549. The fourth-order valence-electron chi connectivity index (χ4n) is 2.50. The molecule has 0 saturated carbocycles. The number of aryl methyl sites for hydroxylation is 2. The van der Waals surface area contributed by atoms with Gasteiger partial charge in [-0.25, -0.2) is 9.97 Å². The minimum absolute atomic E-state index is 0.790. The third kappa shape index (κ3) is 2.72. The van der Waals surface area contributed by atoms with E-state index in [-0.39, 0.29) is 0 Å². The molecule has 0 amide bonds. The molecule has 1 N–H and O–H groups in total. The Morgan fingerprint density at radius 3 is 3.00 bits per heavy atom. The zero-order chi connectivity index (χ0) is 13.1. The highest BCUT2D eigenvalue weighted by molar-refractivity contribution is 5.47. The molecule has 0 aromatic carbocycles.